The maximum atomic E-state index is 12.5. The molecule has 0 saturated carbocycles. The zero-order chi connectivity index (χ0) is 22.5. The molecule has 31 heavy (non-hydrogen) atoms. The highest BCUT2D eigenvalue weighted by atomic mass is 32.2. The second kappa shape index (κ2) is 9.32. The molecule has 0 aliphatic heterocycles. The number of hydrogen-bond donors (Lipinski definition) is 1. The van der Waals surface area contributed by atoms with Crippen LogP contribution in [-0.4, -0.2) is 21.5 Å². The first kappa shape index (κ1) is 22.5. The van der Waals surface area contributed by atoms with Gasteiger partial charge in [0.25, 0.3) is 0 Å². The van der Waals surface area contributed by atoms with Crippen molar-refractivity contribution >= 4 is 16.1 Å². The van der Waals surface area contributed by atoms with Gasteiger partial charge in [0.05, 0.1) is 19.1 Å². The molecule has 0 aliphatic rings. The summed E-state index contributed by atoms with van der Waals surface area (Å²) in [5.74, 6) is -0.273. The van der Waals surface area contributed by atoms with Gasteiger partial charge in [0.1, 0.15) is 10.6 Å². The van der Waals surface area contributed by atoms with Gasteiger partial charge in [-0.1, -0.05) is 60.2 Å². The fourth-order valence-corrected chi connectivity index (χ4v) is 4.21. The van der Waals surface area contributed by atoms with E-state index >= 15 is 0 Å². The summed E-state index contributed by atoms with van der Waals surface area (Å²) in [4.78, 5) is 12.1. The third kappa shape index (κ3) is 5.71. The Kier molecular flexibility index (Phi) is 6.77. The van der Waals surface area contributed by atoms with E-state index < -0.39 is 21.6 Å². The fraction of sp³-hybridized carbons (Fsp3) is 0.208. The quantitative estimate of drug-likeness (QED) is 0.425. The highest BCUT2D eigenvalue weighted by Crippen LogP contribution is 2.30. The number of methoxy groups -OCH3 is 1. The van der Waals surface area contributed by atoms with Gasteiger partial charge in [0.15, 0.2) is 0 Å². The van der Waals surface area contributed by atoms with Crippen LogP contribution in [0.2, 0.25) is 0 Å². The van der Waals surface area contributed by atoms with Crippen LogP contribution < -0.4 is 9.92 Å². The van der Waals surface area contributed by atoms with E-state index in [1.807, 2.05) is 37.3 Å². The minimum Gasteiger partial charge on any atom is -0.469 e. The highest BCUT2D eigenvalue weighted by molar-refractivity contribution is 7.87. The second-order valence-electron chi connectivity index (χ2n) is 7.45. The molecule has 0 aliphatic carbocycles. The van der Waals surface area contributed by atoms with Crippen LogP contribution in [-0.2, 0) is 31.6 Å². The van der Waals surface area contributed by atoms with Gasteiger partial charge in [-0.05, 0) is 48.7 Å². The molecular formula is C24H25NO5S. The van der Waals surface area contributed by atoms with Crippen molar-refractivity contribution in [1.29, 1.82) is 0 Å². The lowest BCUT2D eigenvalue weighted by molar-refractivity contribution is -0.142. The van der Waals surface area contributed by atoms with Crippen LogP contribution in [0.4, 0.5) is 0 Å². The largest absolute Gasteiger partial charge is 0.469 e. The van der Waals surface area contributed by atoms with Gasteiger partial charge in [0.2, 0.25) is 0 Å². The summed E-state index contributed by atoms with van der Waals surface area (Å²) in [5.41, 5.74) is 8.21. The van der Waals surface area contributed by atoms with Gasteiger partial charge in [-0.3, -0.25) is 4.79 Å². The van der Waals surface area contributed by atoms with Crippen LogP contribution in [0.3, 0.4) is 0 Å². The first-order chi connectivity index (χ1) is 14.7. The molecule has 3 rings (SSSR count). The van der Waals surface area contributed by atoms with Crippen molar-refractivity contribution in [1.82, 2.24) is 0 Å². The summed E-state index contributed by atoms with van der Waals surface area (Å²) in [6.45, 7) is 1.87. The molecule has 0 fully saturated rings. The molecule has 0 aromatic heterocycles. The Hall–Kier alpha value is -3.16. The van der Waals surface area contributed by atoms with Crippen LogP contribution >= 0.6 is 0 Å². The molecule has 7 heteroatoms. The van der Waals surface area contributed by atoms with Crippen molar-refractivity contribution in [2.75, 3.05) is 7.11 Å². The predicted octanol–water partition coefficient (Wildman–Crippen LogP) is 3.72. The standard InChI is InChI=1S/C24H25NO5S/c1-18-8-14-22(15-9-18)31(27,28)30-21-12-10-20(11-13-21)24(25,17-23(26)29-2)16-19-6-4-3-5-7-19/h3-15H,16-17,25H2,1-2H3. The number of benzene rings is 3. The Balaban J connectivity index is 1.85. The first-order valence-electron chi connectivity index (χ1n) is 9.73. The molecule has 2 N–H and O–H groups in total. The van der Waals surface area contributed by atoms with Gasteiger partial charge in [-0.2, -0.15) is 8.42 Å². The Bertz CT molecular complexity index is 1130. The van der Waals surface area contributed by atoms with E-state index in [4.69, 9.17) is 14.7 Å². The summed E-state index contributed by atoms with van der Waals surface area (Å²) in [6, 6.07) is 22.4. The summed E-state index contributed by atoms with van der Waals surface area (Å²) in [5, 5.41) is 0. The van der Waals surface area contributed by atoms with E-state index in [0.717, 1.165) is 11.1 Å². The molecule has 0 radical (unpaired) electrons. The molecule has 1 unspecified atom stereocenters. The lowest BCUT2D eigenvalue weighted by Gasteiger charge is -2.29. The van der Waals surface area contributed by atoms with Crippen molar-refractivity contribution in [3.05, 3.63) is 95.6 Å². The van der Waals surface area contributed by atoms with Crippen LogP contribution in [0.25, 0.3) is 0 Å². The number of nitrogens with two attached hydrogens (primary N) is 1. The smallest absolute Gasteiger partial charge is 0.339 e. The maximum absolute atomic E-state index is 12.5. The molecule has 3 aromatic rings. The molecule has 6 nitrogen and oxygen atoms in total. The van der Waals surface area contributed by atoms with Crippen molar-refractivity contribution in [2.24, 2.45) is 5.73 Å². The third-order valence-electron chi connectivity index (χ3n) is 4.99. The van der Waals surface area contributed by atoms with Crippen LogP contribution in [0.1, 0.15) is 23.1 Å². The van der Waals surface area contributed by atoms with Gasteiger partial charge >= 0.3 is 16.1 Å². The van der Waals surface area contributed by atoms with E-state index in [-0.39, 0.29) is 17.1 Å². The van der Waals surface area contributed by atoms with E-state index in [1.165, 1.54) is 31.4 Å². The lowest BCUT2D eigenvalue weighted by Crippen LogP contribution is -2.41. The van der Waals surface area contributed by atoms with Crippen molar-refractivity contribution < 1.29 is 22.1 Å². The number of carbonyl (C=O) groups excluding carboxylic acids is 1. The third-order valence-corrected chi connectivity index (χ3v) is 6.26. The molecule has 0 heterocycles. The van der Waals surface area contributed by atoms with E-state index in [2.05, 4.69) is 0 Å². The Morgan fingerprint density at radius 3 is 2.13 bits per heavy atom. The number of carbonyl (C=O) groups is 1. The summed E-state index contributed by atoms with van der Waals surface area (Å²) in [6.07, 6.45) is 0.380. The van der Waals surface area contributed by atoms with E-state index in [0.29, 0.717) is 12.0 Å². The van der Waals surface area contributed by atoms with E-state index in [9.17, 15) is 13.2 Å². The topological polar surface area (TPSA) is 95.7 Å². The SMILES string of the molecule is COC(=O)CC(N)(Cc1ccccc1)c1ccc(OS(=O)(=O)c2ccc(C)cc2)cc1. The number of hydrogen-bond acceptors (Lipinski definition) is 6. The van der Waals surface area contributed by atoms with Gasteiger partial charge in [0, 0.05) is 0 Å². The monoisotopic (exact) mass is 439 g/mol. The van der Waals surface area contributed by atoms with Crippen LogP contribution in [0.15, 0.2) is 83.8 Å². The minimum atomic E-state index is -3.96. The number of esters is 1. The molecule has 0 spiro atoms. The summed E-state index contributed by atoms with van der Waals surface area (Å²) < 4.78 is 35.1. The zero-order valence-corrected chi connectivity index (χ0v) is 18.3. The van der Waals surface area contributed by atoms with Gasteiger partial charge in [-0.15, -0.1) is 0 Å². The average molecular weight is 440 g/mol. The molecular weight excluding hydrogens is 414 g/mol. The lowest BCUT2D eigenvalue weighted by atomic mass is 9.82. The van der Waals surface area contributed by atoms with Crippen molar-refractivity contribution in [3.63, 3.8) is 0 Å². The summed E-state index contributed by atoms with van der Waals surface area (Å²) in [7, 11) is -2.64. The summed E-state index contributed by atoms with van der Waals surface area (Å²) >= 11 is 0. The van der Waals surface area contributed by atoms with Crippen molar-refractivity contribution in [3.8, 4) is 5.75 Å². The number of aryl methyl sites for hydroxylation is 1. The number of ether oxygens (including phenoxy) is 1. The molecule has 0 amide bonds. The Morgan fingerprint density at radius 2 is 1.55 bits per heavy atom. The Morgan fingerprint density at radius 1 is 0.935 bits per heavy atom. The average Bonchev–Trinajstić information content (AvgIpc) is 2.74. The van der Waals surface area contributed by atoms with Crippen LogP contribution in [0.5, 0.6) is 5.75 Å². The maximum Gasteiger partial charge on any atom is 0.339 e. The van der Waals surface area contributed by atoms with Gasteiger partial charge < -0.3 is 14.7 Å². The van der Waals surface area contributed by atoms with Crippen LogP contribution in [0, 0.1) is 6.92 Å². The molecule has 1 atom stereocenters. The highest BCUT2D eigenvalue weighted by Gasteiger charge is 2.31. The molecule has 0 saturated heterocycles. The normalized spacial score (nSPS) is 13.3. The minimum absolute atomic E-state index is 0.0275. The number of rotatable bonds is 8. The predicted molar refractivity (Wildman–Crippen MR) is 118 cm³/mol. The molecule has 162 valence electrons. The van der Waals surface area contributed by atoms with Gasteiger partial charge in [-0.25, -0.2) is 0 Å². The molecule has 0 bridgehead atoms. The molecule has 3 aromatic carbocycles. The fourth-order valence-electron chi connectivity index (χ4n) is 3.28. The first-order valence-corrected chi connectivity index (χ1v) is 11.1. The van der Waals surface area contributed by atoms with Crippen molar-refractivity contribution in [2.45, 2.75) is 30.2 Å². The Labute approximate surface area is 182 Å². The zero-order valence-electron chi connectivity index (χ0n) is 17.4. The second-order valence-corrected chi connectivity index (χ2v) is 8.99. The van der Waals surface area contributed by atoms with E-state index in [1.54, 1.807) is 24.3 Å².